The van der Waals surface area contributed by atoms with Crippen LogP contribution in [0.4, 0.5) is 26.3 Å². The minimum atomic E-state index is -5.19. The van der Waals surface area contributed by atoms with Crippen LogP contribution in [0.15, 0.2) is 36.9 Å². The molecule has 9 nitrogen and oxygen atoms in total. The molecule has 4 aromatic rings. The number of aromatic nitrogens is 6. The van der Waals surface area contributed by atoms with Gasteiger partial charge in [-0.15, -0.1) is 0 Å². The van der Waals surface area contributed by atoms with Crippen molar-refractivity contribution in [2.45, 2.75) is 25.3 Å². The number of nitrogens with zero attached hydrogens (tertiary/aromatic N) is 7. The van der Waals surface area contributed by atoms with Crippen molar-refractivity contribution in [2.75, 3.05) is 13.7 Å². The fourth-order valence-corrected chi connectivity index (χ4v) is 4.67. The molecule has 15 heteroatoms. The fourth-order valence-electron chi connectivity index (χ4n) is 4.67. The van der Waals surface area contributed by atoms with Crippen LogP contribution in [0, 0.1) is 0 Å². The van der Waals surface area contributed by atoms with E-state index >= 15 is 0 Å². The minimum Gasteiger partial charge on any atom is -0.480 e. The summed E-state index contributed by atoms with van der Waals surface area (Å²) in [6, 6.07) is 3.51. The average Bonchev–Trinajstić information content (AvgIpc) is 3.21. The maximum Gasteiger partial charge on any atom is 0.451 e. The first-order valence-corrected chi connectivity index (χ1v) is 11.7. The van der Waals surface area contributed by atoms with Crippen LogP contribution in [0.3, 0.4) is 0 Å². The monoisotopic (exact) mass is 563 g/mol. The van der Waals surface area contributed by atoms with Gasteiger partial charge in [0.05, 0.1) is 30.4 Å². The van der Waals surface area contributed by atoms with Gasteiger partial charge in [0.1, 0.15) is 12.0 Å². The highest BCUT2D eigenvalue weighted by atomic mass is 19.4. The van der Waals surface area contributed by atoms with Crippen LogP contribution in [0.2, 0.25) is 0 Å². The van der Waals surface area contributed by atoms with E-state index in [1.54, 1.807) is 36.1 Å². The van der Waals surface area contributed by atoms with Crippen molar-refractivity contribution in [3.05, 3.63) is 65.3 Å². The summed E-state index contributed by atoms with van der Waals surface area (Å²) in [5.74, 6) is -2.30. The molecule has 0 N–H and O–H groups in total. The number of pyridine rings is 1. The summed E-state index contributed by atoms with van der Waals surface area (Å²) in [7, 11) is 3.19. The lowest BCUT2D eigenvalue weighted by atomic mass is 10.0. The van der Waals surface area contributed by atoms with Crippen molar-refractivity contribution in [1.29, 1.82) is 0 Å². The van der Waals surface area contributed by atoms with E-state index in [4.69, 9.17) is 4.74 Å². The Bertz CT molecular complexity index is 1630. The van der Waals surface area contributed by atoms with Crippen LogP contribution < -0.4 is 4.74 Å². The number of amides is 1. The third-order valence-corrected chi connectivity index (χ3v) is 6.41. The Hall–Kier alpha value is -4.56. The first-order valence-electron chi connectivity index (χ1n) is 11.7. The average molecular weight is 563 g/mol. The predicted octanol–water partition coefficient (Wildman–Crippen LogP) is 4.46. The first-order chi connectivity index (χ1) is 18.9. The third-order valence-electron chi connectivity index (χ3n) is 6.41. The number of hydrogen-bond acceptors (Lipinski definition) is 7. The Labute approximate surface area is 222 Å². The Kier molecular flexibility index (Phi) is 6.67. The molecule has 4 aromatic heterocycles. The summed E-state index contributed by atoms with van der Waals surface area (Å²) < 4.78 is 87.4. The van der Waals surface area contributed by atoms with E-state index in [0.717, 1.165) is 10.5 Å². The Morgan fingerprint density at radius 2 is 1.77 bits per heavy atom. The number of fused-ring (bicyclic) bond motifs is 2. The van der Waals surface area contributed by atoms with Crippen LogP contribution in [-0.4, -0.2) is 53.9 Å². The van der Waals surface area contributed by atoms with Crippen molar-refractivity contribution in [1.82, 2.24) is 34.4 Å². The van der Waals surface area contributed by atoms with E-state index in [0.29, 0.717) is 22.3 Å². The maximum absolute atomic E-state index is 13.5. The lowest BCUT2D eigenvalue weighted by Crippen LogP contribution is -2.37. The molecule has 0 aromatic carbocycles. The predicted molar refractivity (Wildman–Crippen MR) is 128 cm³/mol. The second-order valence-electron chi connectivity index (χ2n) is 8.80. The zero-order valence-electron chi connectivity index (χ0n) is 20.9. The van der Waals surface area contributed by atoms with Gasteiger partial charge < -0.3 is 14.2 Å². The highest BCUT2D eigenvalue weighted by Gasteiger charge is 2.43. The lowest BCUT2D eigenvalue weighted by Gasteiger charge is -2.29. The van der Waals surface area contributed by atoms with Crippen LogP contribution in [0.5, 0.6) is 5.88 Å². The van der Waals surface area contributed by atoms with E-state index in [1.807, 2.05) is 0 Å². The molecule has 0 aliphatic carbocycles. The van der Waals surface area contributed by atoms with E-state index in [1.165, 1.54) is 25.6 Å². The Morgan fingerprint density at radius 3 is 2.42 bits per heavy atom. The van der Waals surface area contributed by atoms with Gasteiger partial charge in [0.15, 0.2) is 5.69 Å². The molecule has 1 amide bonds. The molecule has 0 fully saturated rings. The van der Waals surface area contributed by atoms with Gasteiger partial charge in [-0.3, -0.25) is 9.78 Å². The normalized spacial score (nSPS) is 14.2. The number of carbonyl (C=O) groups excluding carboxylic acids is 1. The van der Waals surface area contributed by atoms with Gasteiger partial charge in [-0.05, 0) is 24.6 Å². The SMILES string of the molecule is COc1ncnc2c1c(/C=C/C(=O)N1CCc3c(nc(C(F)(F)F)nc3C(F)(F)F)C1)c(-c1ccncc1)n2C. The number of carbonyl (C=O) groups is 1. The summed E-state index contributed by atoms with van der Waals surface area (Å²) >= 11 is 0. The number of rotatable bonds is 4. The van der Waals surface area contributed by atoms with Gasteiger partial charge in [0.2, 0.25) is 17.6 Å². The summed E-state index contributed by atoms with van der Waals surface area (Å²) in [5.41, 5.74) is -0.169. The smallest absolute Gasteiger partial charge is 0.451 e. The Balaban J connectivity index is 1.54. The summed E-state index contributed by atoms with van der Waals surface area (Å²) in [4.78, 5) is 32.9. The maximum atomic E-state index is 13.5. The van der Waals surface area contributed by atoms with Crippen molar-refractivity contribution in [3.8, 4) is 17.1 Å². The van der Waals surface area contributed by atoms with Crippen molar-refractivity contribution in [2.24, 2.45) is 7.05 Å². The largest absolute Gasteiger partial charge is 0.480 e. The number of aryl methyl sites for hydroxylation is 1. The summed E-state index contributed by atoms with van der Waals surface area (Å²) in [5, 5.41) is 0.504. The molecule has 5 rings (SSSR count). The molecule has 1 aliphatic heterocycles. The lowest BCUT2D eigenvalue weighted by molar-refractivity contribution is -0.153. The molecule has 0 saturated carbocycles. The van der Waals surface area contributed by atoms with Gasteiger partial charge in [-0.25, -0.2) is 19.9 Å². The van der Waals surface area contributed by atoms with Gasteiger partial charge in [0, 0.05) is 48.8 Å². The highest BCUT2D eigenvalue weighted by molar-refractivity contribution is 6.02. The van der Waals surface area contributed by atoms with Crippen molar-refractivity contribution < 1.29 is 35.9 Å². The number of halogens is 6. The quantitative estimate of drug-likeness (QED) is 0.267. The van der Waals surface area contributed by atoms with Gasteiger partial charge in [-0.1, -0.05) is 0 Å². The zero-order valence-corrected chi connectivity index (χ0v) is 20.9. The number of methoxy groups -OCH3 is 1. The molecule has 0 bridgehead atoms. The molecular weight excluding hydrogens is 544 g/mol. The van der Waals surface area contributed by atoms with Crippen LogP contribution >= 0.6 is 0 Å². The standard InChI is InChI=1S/C25H19F6N7O2/c1-37-19(13-5-8-32-9-6-13)15(18-21(37)33-12-34-22(18)40-2)3-4-17(39)38-10-7-14-16(11-38)35-23(25(29,30)31)36-20(14)24(26,27)28/h3-6,8-9,12H,7,10-11H2,1-2H3/b4-3+. The molecule has 5 heterocycles. The van der Waals surface area contributed by atoms with Crippen LogP contribution in [0.25, 0.3) is 28.4 Å². The molecule has 40 heavy (non-hydrogen) atoms. The summed E-state index contributed by atoms with van der Waals surface area (Å²) in [6.45, 7) is -0.723. The number of alkyl halides is 6. The number of ether oxygens (including phenoxy) is 1. The topological polar surface area (TPSA) is 98.9 Å². The van der Waals surface area contributed by atoms with Gasteiger partial charge in [-0.2, -0.15) is 26.3 Å². The van der Waals surface area contributed by atoms with Gasteiger partial charge in [0.25, 0.3) is 0 Å². The van der Waals surface area contributed by atoms with Crippen LogP contribution in [0.1, 0.15) is 28.3 Å². The second kappa shape index (κ2) is 9.88. The van der Waals surface area contributed by atoms with Crippen LogP contribution in [-0.2, 0) is 37.2 Å². The molecule has 0 radical (unpaired) electrons. The molecule has 0 spiro atoms. The van der Waals surface area contributed by atoms with E-state index in [-0.39, 0.29) is 18.8 Å². The molecule has 1 aliphatic rings. The summed E-state index contributed by atoms with van der Waals surface area (Å²) in [6.07, 6.45) is -3.48. The molecule has 0 unspecified atom stereocenters. The van der Waals surface area contributed by atoms with E-state index < -0.39 is 47.6 Å². The fraction of sp³-hybridized carbons (Fsp3) is 0.280. The molecule has 0 saturated heterocycles. The minimum absolute atomic E-state index is 0.173. The zero-order chi connectivity index (χ0) is 28.8. The highest BCUT2D eigenvalue weighted by Crippen LogP contribution is 2.38. The van der Waals surface area contributed by atoms with Crippen molar-refractivity contribution in [3.63, 3.8) is 0 Å². The van der Waals surface area contributed by atoms with Crippen molar-refractivity contribution >= 4 is 23.0 Å². The molecule has 0 atom stereocenters. The van der Waals surface area contributed by atoms with E-state index in [2.05, 4.69) is 24.9 Å². The van der Waals surface area contributed by atoms with Gasteiger partial charge >= 0.3 is 12.4 Å². The van der Waals surface area contributed by atoms with E-state index in [9.17, 15) is 31.1 Å². The first kappa shape index (κ1) is 27.0. The third kappa shape index (κ3) is 4.82. The number of hydrogen-bond donors (Lipinski definition) is 0. The molecule has 208 valence electrons. The molecular formula is C25H19F6N7O2. The Morgan fingerprint density at radius 1 is 1.05 bits per heavy atom. The second-order valence-corrected chi connectivity index (χ2v) is 8.80.